The fourth-order valence-corrected chi connectivity index (χ4v) is 4.00. The number of nitrogens with one attached hydrogen (secondary N) is 1. The second-order valence-electron chi connectivity index (χ2n) is 9.91. The highest BCUT2D eigenvalue weighted by Crippen LogP contribution is 2.35. The number of nitriles is 1. The molecule has 0 aliphatic heterocycles. The van der Waals surface area contributed by atoms with E-state index in [2.05, 4.69) is 30.2 Å². The first-order valence-corrected chi connectivity index (χ1v) is 11.7. The van der Waals surface area contributed by atoms with Crippen LogP contribution in [0.25, 0.3) is 22.4 Å². The fraction of sp³-hybridized carbons (Fsp3) is 0.407. The quantitative estimate of drug-likeness (QED) is 0.478. The Labute approximate surface area is 206 Å². The monoisotopic (exact) mass is 475 g/mol. The van der Waals surface area contributed by atoms with Crippen molar-refractivity contribution in [3.63, 3.8) is 0 Å². The van der Waals surface area contributed by atoms with E-state index in [0.29, 0.717) is 35.8 Å². The molecule has 0 saturated carbocycles. The minimum Gasteiger partial charge on any atom is -0.444 e. The summed E-state index contributed by atoms with van der Waals surface area (Å²) < 4.78 is 7.22. The van der Waals surface area contributed by atoms with E-state index in [4.69, 9.17) is 9.84 Å². The summed E-state index contributed by atoms with van der Waals surface area (Å²) in [4.78, 5) is 16.6. The van der Waals surface area contributed by atoms with Gasteiger partial charge in [-0.3, -0.25) is 9.67 Å². The van der Waals surface area contributed by atoms with Crippen LogP contribution in [0.15, 0.2) is 48.8 Å². The Balaban J connectivity index is 2.07. The Morgan fingerprint density at radius 2 is 1.91 bits per heavy atom. The maximum atomic E-state index is 12.5. The molecule has 0 radical (unpaired) electrons. The molecule has 3 aromatic rings. The Kier molecular flexibility index (Phi) is 8.26. The Hall–Kier alpha value is -3.70. The van der Waals surface area contributed by atoms with Gasteiger partial charge in [0.05, 0.1) is 36.5 Å². The van der Waals surface area contributed by atoms with Crippen LogP contribution in [0.5, 0.6) is 0 Å². The zero-order chi connectivity index (χ0) is 25.6. The number of ether oxygens (including phenoxy) is 1. The molecular formula is C27H33N5O3. The summed E-state index contributed by atoms with van der Waals surface area (Å²) in [5.41, 5.74) is 3.57. The van der Waals surface area contributed by atoms with Gasteiger partial charge in [-0.25, -0.2) is 4.79 Å². The van der Waals surface area contributed by atoms with E-state index in [1.54, 1.807) is 29.2 Å². The van der Waals surface area contributed by atoms with Crippen molar-refractivity contribution in [1.82, 2.24) is 20.1 Å². The van der Waals surface area contributed by atoms with Crippen LogP contribution in [0.3, 0.4) is 0 Å². The number of alkyl carbamates (subject to hydrolysis) is 1. The molecule has 0 spiro atoms. The van der Waals surface area contributed by atoms with Gasteiger partial charge in [0.15, 0.2) is 0 Å². The number of aliphatic hydroxyl groups is 1. The van der Waals surface area contributed by atoms with Crippen LogP contribution in [0.2, 0.25) is 0 Å². The molecule has 2 N–H and O–H groups in total. The molecule has 0 bridgehead atoms. The third-order valence-corrected chi connectivity index (χ3v) is 5.31. The number of aromatic nitrogens is 3. The van der Waals surface area contributed by atoms with Crippen LogP contribution < -0.4 is 5.32 Å². The van der Waals surface area contributed by atoms with Gasteiger partial charge in [0, 0.05) is 23.5 Å². The molecule has 8 heteroatoms. The summed E-state index contributed by atoms with van der Waals surface area (Å²) in [6.45, 7) is 9.74. The van der Waals surface area contributed by atoms with E-state index in [1.807, 2.05) is 45.0 Å². The minimum absolute atomic E-state index is 0.247. The molecule has 3 rings (SSSR count). The molecule has 35 heavy (non-hydrogen) atoms. The first kappa shape index (κ1) is 25.9. The van der Waals surface area contributed by atoms with Gasteiger partial charge in [0.2, 0.25) is 0 Å². The van der Waals surface area contributed by atoms with Crippen LogP contribution >= 0.6 is 0 Å². The van der Waals surface area contributed by atoms with Crippen LogP contribution in [0.4, 0.5) is 4.79 Å². The van der Waals surface area contributed by atoms with Crippen molar-refractivity contribution in [3.8, 4) is 28.5 Å². The van der Waals surface area contributed by atoms with E-state index in [-0.39, 0.29) is 12.6 Å². The topological polar surface area (TPSA) is 113 Å². The van der Waals surface area contributed by atoms with Gasteiger partial charge < -0.3 is 15.2 Å². The van der Waals surface area contributed by atoms with E-state index < -0.39 is 11.7 Å². The Morgan fingerprint density at radius 1 is 1.20 bits per heavy atom. The first-order valence-electron chi connectivity index (χ1n) is 11.7. The average molecular weight is 476 g/mol. The maximum Gasteiger partial charge on any atom is 0.407 e. The second kappa shape index (κ2) is 11.2. The lowest BCUT2D eigenvalue weighted by molar-refractivity contribution is 0.0491. The van der Waals surface area contributed by atoms with Crippen molar-refractivity contribution in [1.29, 1.82) is 5.26 Å². The minimum atomic E-state index is -0.609. The molecule has 1 amide bonds. The van der Waals surface area contributed by atoms with Crippen molar-refractivity contribution in [2.75, 3.05) is 0 Å². The van der Waals surface area contributed by atoms with Gasteiger partial charge in [-0.15, -0.1) is 0 Å². The van der Waals surface area contributed by atoms with Gasteiger partial charge in [-0.2, -0.15) is 10.4 Å². The van der Waals surface area contributed by atoms with E-state index in [0.717, 1.165) is 16.7 Å². The van der Waals surface area contributed by atoms with E-state index >= 15 is 0 Å². The number of pyridine rings is 1. The Bertz CT molecular complexity index is 1190. The molecule has 0 fully saturated rings. The number of aliphatic hydroxyl groups excluding tert-OH is 1. The fourth-order valence-electron chi connectivity index (χ4n) is 4.00. The largest absolute Gasteiger partial charge is 0.444 e. The van der Waals surface area contributed by atoms with Crippen molar-refractivity contribution in [2.45, 2.75) is 65.8 Å². The van der Waals surface area contributed by atoms with Gasteiger partial charge in [0.25, 0.3) is 0 Å². The molecular weight excluding hydrogens is 442 g/mol. The molecule has 1 aromatic carbocycles. The van der Waals surface area contributed by atoms with Crippen molar-refractivity contribution >= 4 is 6.09 Å². The summed E-state index contributed by atoms with van der Waals surface area (Å²) >= 11 is 0. The van der Waals surface area contributed by atoms with Crippen molar-refractivity contribution < 1.29 is 14.6 Å². The first-order chi connectivity index (χ1) is 16.6. The summed E-state index contributed by atoms with van der Waals surface area (Å²) in [5.74, 6) is 0.314. The third-order valence-electron chi connectivity index (χ3n) is 5.31. The van der Waals surface area contributed by atoms with Crippen LogP contribution in [-0.2, 0) is 17.9 Å². The molecule has 2 heterocycles. The van der Waals surface area contributed by atoms with Crippen LogP contribution in [-0.4, -0.2) is 37.6 Å². The van der Waals surface area contributed by atoms with E-state index in [1.165, 1.54) is 0 Å². The summed E-state index contributed by atoms with van der Waals surface area (Å²) in [7, 11) is 0. The zero-order valence-corrected chi connectivity index (χ0v) is 20.9. The molecule has 0 saturated heterocycles. The van der Waals surface area contributed by atoms with Gasteiger partial charge in [-0.1, -0.05) is 26.0 Å². The molecule has 0 unspecified atom stereocenters. The lowest BCUT2D eigenvalue weighted by atomic mass is 9.98. The van der Waals surface area contributed by atoms with Crippen molar-refractivity contribution in [3.05, 3.63) is 60.0 Å². The Morgan fingerprint density at radius 3 is 2.51 bits per heavy atom. The highest BCUT2D eigenvalue weighted by molar-refractivity contribution is 5.83. The lowest BCUT2D eigenvalue weighted by Crippen LogP contribution is -2.42. The molecule has 2 aromatic heterocycles. The smallest absolute Gasteiger partial charge is 0.407 e. The summed E-state index contributed by atoms with van der Waals surface area (Å²) in [6.07, 6.45) is 3.59. The number of nitrogens with zero attached hydrogens (tertiary/aromatic N) is 4. The lowest BCUT2D eigenvalue weighted by Gasteiger charge is -2.25. The van der Waals surface area contributed by atoms with Gasteiger partial charge in [0.1, 0.15) is 11.3 Å². The standard InChI is InChI=1S/C27H33N5O3/c1-18(2)13-22(30-26(34)35-27(3,4)5)16-32-23(17-33)24(20-9-11-29-12-10-20)25(31-32)21-8-6-7-19(14-21)15-28/h6-12,14,18,22,33H,13,16-17H2,1-5H3,(H,30,34)/t22-/m0/s1. The predicted octanol–water partition coefficient (Wildman–Crippen LogP) is 4.92. The molecule has 0 aliphatic rings. The summed E-state index contributed by atoms with van der Waals surface area (Å²) in [6, 6.07) is 12.9. The number of carbonyl (C=O) groups is 1. The highest BCUT2D eigenvalue weighted by atomic mass is 16.6. The van der Waals surface area contributed by atoms with Crippen LogP contribution in [0.1, 0.15) is 52.3 Å². The van der Waals surface area contributed by atoms with Crippen LogP contribution in [0, 0.1) is 17.2 Å². The van der Waals surface area contributed by atoms with Gasteiger partial charge in [-0.05, 0) is 62.9 Å². The van der Waals surface area contributed by atoms with E-state index in [9.17, 15) is 15.2 Å². The molecule has 1 atom stereocenters. The highest BCUT2D eigenvalue weighted by Gasteiger charge is 2.25. The van der Waals surface area contributed by atoms with Crippen molar-refractivity contribution in [2.24, 2.45) is 5.92 Å². The third kappa shape index (κ3) is 6.90. The zero-order valence-electron chi connectivity index (χ0n) is 20.9. The van der Waals surface area contributed by atoms with Gasteiger partial charge >= 0.3 is 6.09 Å². The normalized spacial score (nSPS) is 12.3. The number of benzene rings is 1. The molecule has 8 nitrogen and oxygen atoms in total. The SMILES string of the molecule is CC(C)C[C@@H](Cn1nc(-c2cccc(C#N)c2)c(-c2ccncc2)c1CO)NC(=O)OC(C)(C)C. The molecule has 0 aliphatic carbocycles. The number of rotatable bonds is 8. The second-order valence-corrected chi connectivity index (χ2v) is 9.91. The number of amides is 1. The number of hydrogen-bond donors (Lipinski definition) is 2. The summed E-state index contributed by atoms with van der Waals surface area (Å²) in [5, 5.41) is 27.6. The number of hydrogen-bond acceptors (Lipinski definition) is 6. The number of carbonyl (C=O) groups excluding carboxylic acids is 1. The predicted molar refractivity (Wildman–Crippen MR) is 134 cm³/mol. The maximum absolute atomic E-state index is 12.5. The average Bonchev–Trinajstić information content (AvgIpc) is 3.16. The molecule has 184 valence electrons.